The Bertz CT molecular complexity index is 595. The standard InChI is InChI=1S/C15H16Cl2NO2P/c16-11-13(17)12-20-21(19,15-9-5-2-6-10-15)18-14-7-3-1-4-8-14/h1-10,13H,11-12H2,(H,18,19)/t13-,21+/m1/s1. The number of alkyl halides is 2. The van der Waals surface area contributed by atoms with Gasteiger partial charge in [0.1, 0.15) is 0 Å². The third-order valence-electron chi connectivity index (χ3n) is 2.75. The van der Waals surface area contributed by atoms with E-state index in [2.05, 4.69) is 5.09 Å². The van der Waals surface area contributed by atoms with Crippen LogP contribution in [-0.4, -0.2) is 17.9 Å². The van der Waals surface area contributed by atoms with Gasteiger partial charge in [0.2, 0.25) is 0 Å². The zero-order valence-electron chi connectivity index (χ0n) is 11.3. The van der Waals surface area contributed by atoms with Crippen molar-refractivity contribution in [1.82, 2.24) is 0 Å². The Balaban J connectivity index is 2.24. The maximum atomic E-state index is 13.2. The molecule has 2 aromatic carbocycles. The normalized spacial score (nSPS) is 15.1. The smallest absolute Gasteiger partial charge is 0.312 e. The van der Waals surface area contributed by atoms with Gasteiger partial charge in [-0.3, -0.25) is 4.57 Å². The van der Waals surface area contributed by atoms with E-state index in [1.807, 2.05) is 48.5 Å². The van der Waals surface area contributed by atoms with E-state index in [-0.39, 0.29) is 17.9 Å². The van der Waals surface area contributed by atoms with Gasteiger partial charge in [-0.2, -0.15) is 0 Å². The molecule has 0 fully saturated rings. The van der Waals surface area contributed by atoms with Crippen LogP contribution in [0.1, 0.15) is 0 Å². The van der Waals surface area contributed by atoms with Gasteiger partial charge in [0.15, 0.2) is 0 Å². The topological polar surface area (TPSA) is 38.3 Å². The second-order valence-corrected chi connectivity index (χ2v) is 7.44. The highest BCUT2D eigenvalue weighted by Gasteiger charge is 2.27. The predicted octanol–water partition coefficient (Wildman–Crippen LogP) is 4.48. The first-order valence-corrected chi connectivity index (χ1v) is 9.07. The number of benzene rings is 2. The molecule has 0 aromatic heterocycles. The summed E-state index contributed by atoms with van der Waals surface area (Å²) in [6.07, 6.45) is 0. The summed E-state index contributed by atoms with van der Waals surface area (Å²) in [6.45, 7) is 0.108. The Labute approximate surface area is 134 Å². The van der Waals surface area contributed by atoms with Crippen molar-refractivity contribution in [3.8, 4) is 0 Å². The van der Waals surface area contributed by atoms with Crippen LogP contribution in [0.2, 0.25) is 0 Å². The molecular weight excluding hydrogens is 328 g/mol. The van der Waals surface area contributed by atoms with Gasteiger partial charge in [-0.15, -0.1) is 23.2 Å². The minimum absolute atomic E-state index is 0.108. The molecule has 21 heavy (non-hydrogen) atoms. The molecule has 0 heterocycles. The quantitative estimate of drug-likeness (QED) is 0.595. The number of hydrogen-bond acceptors (Lipinski definition) is 2. The molecule has 0 spiro atoms. The lowest BCUT2D eigenvalue weighted by atomic mass is 10.3. The van der Waals surface area contributed by atoms with Crippen molar-refractivity contribution in [1.29, 1.82) is 0 Å². The van der Waals surface area contributed by atoms with Crippen LogP contribution < -0.4 is 10.4 Å². The van der Waals surface area contributed by atoms with Crippen LogP contribution in [-0.2, 0) is 9.09 Å². The largest absolute Gasteiger partial charge is 0.324 e. The van der Waals surface area contributed by atoms with Crippen molar-refractivity contribution >= 4 is 41.7 Å². The van der Waals surface area contributed by atoms with Gasteiger partial charge in [0.05, 0.1) is 17.3 Å². The third kappa shape index (κ3) is 4.76. The molecule has 0 amide bonds. The van der Waals surface area contributed by atoms with E-state index < -0.39 is 7.52 Å². The van der Waals surface area contributed by atoms with E-state index in [9.17, 15) is 4.57 Å². The van der Waals surface area contributed by atoms with Crippen molar-refractivity contribution in [2.24, 2.45) is 0 Å². The molecule has 6 heteroatoms. The van der Waals surface area contributed by atoms with Gasteiger partial charge in [0, 0.05) is 11.6 Å². The van der Waals surface area contributed by atoms with Gasteiger partial charge in [-0.25, -0.2) is 0 Å². The third-order valence-corrected chi connectivity index (χ3v) is 5.60. The lowest BCUT2D eigenvalue weighted by molar-refractivity contribution is 0.326. The number of hydrogen-bond donors (Lipinski definition) is 1. The zero-order valence-corrected chi connectivity index (χ0v) is 13.7. The SMILES string of the molecule is O=[P@](Nc1ccccc1)(OC[C@H](Cl)CCl)c1ccccc1. The summed E-state index contributed by atoms with van der Waals surface area (Å²) in [5.41, 5.74) is 0.724. The van der Waals surface area contributed by atoms with Gasteiger partial charge in [-0.1, -0.05) is 36.4 Å². The molecule has 0 bridgehead atoms. The van der Waals surface area contributed by atoms with Crippen LogP contribution in [0.5, 0.6) is 0 Å². The molecular formula is C15H16Cl2NO2P. The Morgan fingerprint density at radius 3 is 2.19 bits per heavy atom. The Kier molecular flexibility index (Phi) is 6.13. The van der Waals surface area contributed by atoms with Crippen LogP contribution in [0, 0.1) is 0 Å². The molecule has 0 saturated carbocycles. The zero-order chi connectivity index (χ0) is 15.1. The summed E-state index contributed by atoms with van der Waals surface area (Å²) >= 11 is 11.6. The molecule has 2 aromatic rings. The summed E-state index contributed by atoms with van der Waals surface area (Å²) in [5, 5.41) is 3.19. The maximum absolute atomic E-state index is 13.2. The van der Waals surface area contributed by atoms with Crippen LogP contribution in [0.3, 0.4) is 0 Å². The second-order valence-electron chi connectivity index (χ2n) is 4.41. The molecule has 112 valence electrons. The van der Waals surface area contributed by atoms with Gasteiger partial charge < -0.3 is 9.61 Å². The van der Waals surface area contributed by atoms with Gasteiger partial charge in [-0.05, 0) is 24.3 Å². The Hall–Kier alpha value is -0.990. The Morgan fingerprint density at radius 1 is 1.05 bits per heavy atom. The number of anilines is 1. The summed E-state index contributed by atoms with van der Waals surface area (Å²) < 4.78 is 18.8. The first-order valence-electron chi connectivity index (χ1n) is 6.47. The molecule has 0 aliphatic rings. The fourth-order valence-electron chi connectivity index (χ4n) is 1.71. The average molecular weight is 344 g/mol. The summed E-state index contributed by atoms with van der Waals surface area (Å²) in [7, 11) is -3.25. The highest BCUT2D eigenvalue weighted by molar-refractivity contribution is 7.68. The molecule has 0 aliphatic carbocycles. The van der Waals surface area contributed by atoms with E-state index >= 15 is 0 Å². The lowest BCUT2D eigenvalue weighted by Crippen LogP contribution is -2.18. The molecule has 0 radical (unpaired) electrons. The maximum Gasteiger partial charge on any atom is 0.324 e. The molecule has 2 rings (SSSR count). The van der Waals surface area contributed by atoms with E-state index in [0.29, 0.717) is 5.30 Å². The van der Waals surface area contributed by atoms with E-state index in [4.69, 9.17) is 27.7 Å². The van der Waals surface area contributed by atoms with Crippen molar-refractivity contribution in [3.63, 3.8) is 0 Å². The molecule has 0 unspecified atom stereocenters. The van der Waals surface area contributed by atoms with Crippen LogP contribution >= 0.6 is 30.7 Å². The van der Waals surface area contributed by atoms with Crippen molar-refractivity contribution in [2.45, 2.75) is 5.38 Å². The van der Waals surface area contributed by atoms with Crippen LogP contribution in [0.4, 0.5) is 5.69 Å². The number of halogens is 2. The summed E-state index contributed by atoms with van der Waals surface area (Å²) in [4.78, 5) is 0. The monoisotopic (exact) mass is 343 g/mol. The van der Waals surface area contributed by atoms with E-state index in [1.54, 1.807) is 12.1 Å². The van der Waals surface area contributed by atoms with Crippen LogP contribution in [0.25, 0.3) is 0 Å². The summed E-state index contributed by atoms with van der Waals surface area (Å²) in [5.74, 6) is 0.238. The minimum Gasteiger partial charge on any atom is -0.312 e. The molecule has 1 N–H and O–H groups in total. The Morgan fingerprint density at radius 2 is 1.62 bits per heavy atom. The molecule has 3 nitrogen and oxygen atoms in total. The lowest BCUT2D eigenvalue weighted by Gasteiger charge is -2.21. The number of rotatable bonds is 7. The van der Waals surface area contributed by atoms with Gasteiger partial charge in [0.25, 0.3) is 0 Å². The highest BCUT2D eigenvalue weighted by atomic mass is 35.5. The minimum atomic E-state index is -3.25. The summed E-state index contributed by atoms with van der Waals surface area (Å²) in [6, 6.07) is 18.3. The number of nitrogens with one attached hydrogen (secondary N) is 1. The number of para-hydroxylation sites is 1. The molecule has 0 saturated heterocycles. The van der Waals surface area contributed by atoms with Crippen molar-refractivity contribution in [2.75, 3.05) is 17.6 Å². The second kappa shape index (κ2) is 7.86. The molecule has 0 aliphatic heterocycles. The van der Waals surface area contributed by atoms with Crippen molar-refractivity contribution < 1.29 is 9.09 Å². The predicted molar refractivity (Wildman–Crippen MR) is 90.1 cm³/mol. The van der Waals surface area contributed by atoms with E-state index in [1.165, 1.54) is 0 Å². The van der Waals surface area contributed by atoms with Crippen LogP contribution in [0.15, 0.2) is 60.7 Å². The highest BCUT2D eigenvalue weighted by Crippen LogP contribution is 2.45. The fourth-order valence-corrected chi connectivity index (χ4v) is 3.73. The van der Waals surface area contributed by atoms with Crippen molar-refractivity contribution in [3.05, 3.63) is 60.7 Å². The first kappa shape index (κ1) is 16.4. The molecule has 2 atom stereocenters. The van der Waals surface area contributed by atoms with Gasteiger partial charge >= 0.3 is 7.52 Å². The van der Waals surface area contributed by atoms with E-state index in [0.717, 1.165) is 5.69 Å². The average Bonchev–Trinajstić information content (AvgIpc) is 2.54. The first-order chi connectivity index (χ1) is 10.1. The fraction of sp³-hybridized carbons (Fsp3) is 0.200.